The van der Waals surface area contributed by atoms with Crippen LogP contribution in [0.2, 0.25) is 0 Å². The lowest BCUT2D eigenvalue weighted by atomic mass is 9.90. The standard InChI is InChI=1S/C15H27N3O/c1-5-18-8-6-14(7-9-18)11(2)16-10-15-12(3)17-19-13(15)4/h11,14,16H,5-10H2,1-4H3. The summed E-state index contributed by atoms with van der Waals surface area (Å²) in [6.07, 6.45) is 2.62. The zero-order valence-electron chi connectivity index (χ0n) is 12.7. The maximum Gasteiger partial charge on any atom is 0.138 e. The van der Waals surface area contributed by atoms with E-state index in [2.05, 4.69) is 29.2 Å². The van der Waals surface area contributed by atoms with Crippen molar-refractivity contribution < 1.29 is 4.52 Å². The Morgan fingerprint density at radius 2 is 2.05 bits per heavy atom. The average molecular weight is 265 g/mol. The summed E-state index contributed by atoms with van der Waals surface area (Å²) in [5, 5.41) is 7.66. The SMILES string of the molecule is CCN1CCC(C(C)NCc2c(C)noc2C)CC1. The largest absolute Gasteiger partial charge is 0.361 e. The number of likely N-dealkylation sites (tertiary alicyclic amines) is 1. The number of piperidine rings is 1. The summed E-state index contributed by atoms with van der Waals surface area (Å²) >= 11 is 0. The fourth-order valence-corrected chi connectivity index (χ4v) is 2.95. The van der Waals surface area contributed by atoms with Gasteiger partial charge in [-0.1, -0.05) is 12.1 Å². The molecule has 0 aromatic carbocycles. The van der Waals surface area contributed by atoms with Crippen LogP contribution in [-0.2, 0) is 6.54 Å². The van der Waals surface area contributed by atoms with Crippen LogP contribution in [0.15, 0.2) is 4.52 Å². The highest BCUT2D eigenvalue weighted by Crippen LogP contribution is 2.21. The number of nitrogens with zero attached hydrogens (tertiary/aromatic N) is 2. The summed E-state index contributed by atoms with van der Waals surface area (Å²) in [7, 11) is 0. The molecule has 1 saturated heterocycles. The molecule has 1 fully saturated rings. The molecular weight excluding hydrogens is 238 g/mol. The van der Waals surface area contributed by atoms with Crippen molar-refractivity contribution in [3.05, 3.63) is 17.0 Å². The molecule has 4 nitrogen and oxygen atoms in total. The van der Waals surface area contributed by atoms with Gasteiger partial charge in [0.25, 0.3) is 0 Å². The van der Waals surface area contributed by atoms with Crippen LogP contribution in [-0.4, -0.2) is 35.7 Å². The lowest BCUT2D eigenvalue weighted by Crippen LogP contribution is -2.41. The van der Waals surface area contributed by atoms with E-state index in [0.717, 1.165) is 23.9 Å². The van der Waals surface area contributed by atoms with E-state index in [-0.39, 0.29) is 0 Å². The van der Waals surface area contributed by atoms with Crippen molar-refractivity contribution in [3.63, 3.8) is 0 Å². The van der Waals surface area contributed by atoms with Gasteiger partial charge in [-0.3, -0.25) is 0 Å². The Kier molecular flexibility index (Phi) is 4.99. The van der Waals surface area contributed by atoms with Crippen LogP contribution in [0.5, 0.6) is 0 Å². The first-order chi connectivity index (χ1) is 9.11. The minimum Gasteiger partial charge on any atom is -0.361 e. The van der Waals surface area contributed by atoms with Gasteiger partial charge < -0.3 is 14.7 Å². The normalized spacial score (nSPS) is 19.8. The number of nitrogens with one attached hydrogen (secondary N) is 1. The number of hydrogen-bond acceptors (Lipinski definition) is 4. The van der Waals surface area contributed by atoms with Gasteiger partial charge >= 0.3 is 0 Å². The van der Waals surface area contributed by atoms with Gasteiger partial charge in [-0.05, 0) is 59.2 Å². The summed E-state index contributed by atoms with van der Waals surface area (Å²) < 4.78 is 5.21. The fraction of sp³-hybridized carbons (Fsp3) is 0.800. The molecule has 0 radical (unpaired) electrons. The molecule has 4 heteroatoms. The van der Waals surface area contributed by atoms with Crippen molar-refractivity contribution in [2.24, 2.45) is 5.92 Å². The van der Waals surface area contributed by atoms with Crippen molar-refractivity contribution >= 4 is 0 Å². The van der Waals surface area contributed by atoms with Crippen molar-refractivity contribution in [2.45, 2.75) is 53.1 Å². The number of rotatable bonds is 5. The van der Waals surface area contributed by atoms with E-state index in [1.54, 1.807) is 0 Å². The van der Waals surface area contributed by atoms with E-state index in [0.29, 0.717) is 6.04 Å². The monoisotopic (exact) mass is 265 g/mol. The first-order valence-corrected chi connectivity index (χ1v) is 7.49. The molecule has 1 aromatic heterocycles. The second-order valence-electron chi connectivity index (χ2n) is 5.74. The summed E-state index contributed by atoms with van der Waals surface area (Å²) in [6, 6.07) is 0.563. The Morgan fingerprint density at radius 3 is 2.58 bits per heavy atom. The van der Waals surface area contributed by atoms with Gasteiger partial charge in [-0.25, -0.2) is 0 Å². The van der Waals surface area contributed by atoms with E-state index in [9.17, 15) is 0 Å². The fourth-order valence-electron chi connectivity index (χ4n) is 2.95. The maximum atomic E-state index is 5.21. The molecule has 0 amide bonds. The van der Waals surface area contributed by atoms with E-state index in [1.807, 2.05) is 13.8 Å². The number of aryl methyl sites for hydroxylation is 2. The van der Waals surface area contributed by atoms with Gasteiger partial charge in [-0.2, -0.15) is 0 Å². The summed E-state index contributed by atoms with van der Waals surface area (Å²) in [5.41, 5.74) is 2.23. The highest BCUT2D eigenvalue weighted by Gasteiger charge is 2.23. The summed E-state index contributed by atoms with van der Waals surface area (Å²) in [6.45, 7) is 13.1. The zero-order valence-corrected chi connectivity index (χ0v) is 12.7. The Bertz CT molecular complexity index is 375. The van der Waals surface area contributed by atoms with E-state index in [4.69, 9.17) is 4.52 Å². The van der Waals surface area contributed by atoms with Gasteiger partial charge in [-0.15, -0.1) is 0 Å². The van der Waals surface area contributed by atoms with Gasteiger partial charge in [0.15, 0.2) is 0 Å². The van der Waals surface area contributed by atoms with Crippen LogP contribution in [0, 0.1) is 19.8 Å². The van der Waals surface area contributed by atoms with Crippen molar-refractivity contribution in [1.82, 2.24) is 15.4 Å². The molecular formula is C15H27N3O. The Hall–Kier alpha value is -0.870. The molecule has 0 aliphatic carbocycles. The number of hydrogen-bond donors (Lipinski definition) is 1. The first-order valence-electron chi connectivity index (χ1n) is 7.49. The molecule has 1 aliphatic rings. The van der Waals surface area contributed by atoms with E-state index in [1.165, 1.54) is 38.0 Å². The van der Waals surface area contributed by atoms with Crippen LogP contribution in [0.1, 0.15) is 43.7 Å². The third kappa shape index (κ3) is 3.57. The molecule has 2 heterocycles. The second-order valence-corrected chi connectivity index (χ2v) is 5.74. The van der Waals surface area contributed by atoms with Crippen molar-refractivity contribution in [1.29, 1.82) is 0 Å². The topological polar surface area (TPSA) is 41.3 Å². The Balaban J connectivity index is 1.80. The second kappa shape index (κ2) is 6.53. The Labute approximate surface area is 116 Å². The average Bonchev–Trinajstić information content (AvgIpc) is 2.75. The molecule has 108 valence electrons. The molecule has 1 atom stereocenters. The summed E-state index contributed by atoms with van der Waals surface area (Å²) in [4.78, 5) is 2.54. The van der Waals surface area contributed by atoms with Gasteiger partial charge in [0.2, 0.25) is 0 Å². The van der Waals surface area contributed by atoms with E-state index >= 15 is 0 Å². The third-order valence-corrected chi connectivity index (χ3v) is 4.57. The molecule has 0 saturated carbocycles. The van der Waals surface area contributed by atoms with Gasteiger partial charge in [0, 0.05) is 18.2 Å². The van der Waals surface area contributed by atoms with Crippen molar-refractivity contribution in [2.75, 3.05) is 19.6 Å². The molecule has 19 heavy (non-hydrogen) atoms. The van der Waals surface area contributed by atoms with Crippen molar-refractivity contribution in [3.8, 4) is 0 Å². The zero-order chi connectivity index (χ0) is 13.8. The molecule has 1 aromatic rings. The van der Waals surface area contributed by atoms with Gasteiger partial charge in [0.1, 0.15) is 5.76 Å². The molecule has 0 spiro atoms. The van der Waals surface area contributed by atoms with Crippen LogP contribution < -0.4 is 5.32 Å². The quantitative estimate of drug-likeness (QED) is 0.888. The predicted molar refractivity (Wildman–Crippen MR) is 77.1 cm³/mol. The Morgan fingerprint density at radius 1 is 1.37 bits per heavy atom. The highest BCUT2D eigenvalue weighted by molar-refractivity contribution is 5.20. The minimum absolute atomic E-state index is 0.563. The molecule has 2 rings (SSSR count). The molecule has 1 aliphatic heterocycles. The lowest BCUT2D eigenvalue weighted by molar-refractivity contribution is 0.168. The van der Waals surface area contributed by atoms with Crippen LogP contribution in [0.25, 0.3) is 0 Å². The van der Waals surface area contributed by atoms with E-state index < -0.39 is 0 Å². The predicted octanol–water partition coefficient (Wildman–Crippen LogP) is 2.50. The third-order valence-electron chi connectivity index (χ3n) is 4.57. The van der Waals surface area contributed by atoms with Crippen LogP contribution >= 0.6 is 0 Å². The molecule has 1 N–H and O–H groups in total. The summed E-state index contributed by atoms with van der Waals surface area (Å²) in [5.74, 6) is 1.74. The smallest absolute Gasteiger partial charge is 0.138 e. The van der Waals surface area contributed by atoms with Crippen LogP contribution in [0.4, 0.5) is 0 Å². The van der Waals surface area contributed by atoms with Crippen LogP contribution in [0.3, 0.4) is 0 Å². The molecule has 1 unspecified atom stereocenters. The first kappa shape index (κ1) is 14.5. The highest BCUT2D eigenvalue weighted by atomic mass is 16.5. The molecule has 0 bridgehead atoms. The van der Waals surface area contributed by atoms with Gasteiger partial charge in [0.05, 0.1) is 5.69 Å². The maximum absolute atomic E-state index is 5.21. The number of aromatic nitrogens is 1. The lowest BCUT2D eigenvalue weighted by Gasteiger charge is -2.34. The minimum atomic E-state index is 0.563.